The standard InChI is InChI=1S/C22H25ClFN7O/c1-3-31-20(23)16-14(29-31)10-9-13(17(16)24)18-19-21(28-27-18)26-22(15(11-32)25-19)30(2)12-7-5-4-6-8-12/h9-10,12,32H,3-8,11H2,1-2H3,(H,26,27,28). The van der Waals surface area contributed by atoms with Gasteiger partial charge in [0.05, 0.1) is 23.2 Å². The number of aliphatic hydroxyl groups excluding tert-OH is 1. The van der Waals surface area contributed by atoms with Crippen molar-refractivity contribution in [1.82, 2.24) is 29.9 Å². The van der Waals surface area contributed by atoms with Crippen LogP contribution in [0.25, 0.3) is 33.3 Å². The Bertz CT molecular complexity index is 1290. The van der Waals surface area contributed by atoms with Crippen molar-refractivity contribution in [3.63, 3.8) is 0 Å². The molecule has 0 atom stereocenters. The fourth-order valence-corrected chi connectivity index (χ4v) is 4.97. The highest BCUT2D eigenvalue weighted by Gasteiger charge is 2.25. The second kappa shape index (κ2) is 8.29. The average Bonchev–Trinajstić information content (AvgIpc) is 3.39. The molecule has 1 aromatic carbocycles. The highest BCUT2D eigenvalue weighted by atomic mass is 35.5. The van der Waals surface area contributed by atoms with Gasteiger partial charge in [0.1, 0.15) is 22.2 Å². The number of fused-ring (bicyclic) bond motifs is 2. The van der Waals surface area contributed by atoms with Gasteiger partial charge in [0.15, 0.2) is 5.82 Å². The van der Waals surface area contributed by atoms with Crippen LogP contribution in [0.2, 0.25) is 5.15 Å². The van der Waals surface area contributed by atoms with Gasteiger partial charge in [0.2, 0.25) is 5.65 Å². The number of aliphatic hydroxyl groups is 1. The Hall–Kier alpha value is -2.78. The van der Waals surface area contributed by atoms with Crippen molar-refractivity contribution in [1.29, 1.82) is 0 Å². The zero-order chi connectivity index (χ0) is 22.4. The van der Waals surface area contributed by atoms with Crippen LogP contribution < -0.4 is 4.90 Å². The predicted molar refractivity (Wildman–Crippen MR) is 122 cm³/mol. The van der Waals surface area contributed by atoms with Gasteiger partial charge in [-0.1, -0.05) is 30.9 Å². The van der Waals surface area contributed by atoms with Gasteiger partial charge in [-0.25, -0.2) is 14.4 Å². The van der Waals surface area contributed by atoms with Gasteiger partial charge in [0.25, 0.3) is 0 Å². The average molecular weight is 458 g/mol. The molecule has 0 radical (unpaired) electrons. The van der Waals surface area contributed by atoms with Crippen molar-refractivity contribution in [2.24, 2.45) is 0 Å². The molecule has 2 N–H and O–H groups in total. The molecule has 168 valence electrons. The minimum atomic E-state index is -0.492. The third-order valence-electron chi connectivity index (χ3n) is 6.40. The molecule has 3 heterocycles. The molecule has 3 aromatic heterocycles. The summed E-state index contributed by atoms with van der Waals surface area (Å²) in [6.07, 6.45) is 5.80. The number of hydrogen-bond acceptors (Lipinski definition) is 6. The molecule has 1 fully saturated rings. The van der Waals surface area contributed by atoms with Crippen LogP contribution in [0.1, 0.15) is 44.7 Å². The number of nitrogens with zero attached hydrogens (tertiary/aromatic N) is 6. The van der Waals surface area contributed by atoms with Crippen LogP contribution in [0.5, 0.6) is 0 Å². The third-order valence-corrected chi connectivity index (χ3v) is 6.78. The normalized spacial score (nSPS) is 15.2. The van der Waals surface area contributed by atoms with Crippen molar-refractivity contribution in [2.45, 2.75) is 58.2 Å². The van der Waals surface area contributed by atoms with E-state index in [0.29, 0.717) is 46.5 Å². The van der Waals surface area contributed by atoms with Gasteiger partial charge in [-0.2, -0.15) is 10.2 Å². The Kier molecular flexibility index (Phi) is 5.46. The Morgan fingerprint density at radius 2 is 2.03 bits per heavy atom. The number of aromatic nitrogens is 6. The van der Waals surface area contributed by atoms with Gasteiger partial charge in [-0.3, -0.25) is 9.78 Å². The van der Waals surface area contributed by atoms with E-state index in [0.717, 1.165) is 12.8 Å². The van der Waals surface area contributed by atoms with E-state index in [1.165, 1.54) is 19.3 Å². The van der Waals surface area contributed by atoms with Crippen molar-refractivity contribution >= 4 is 39.5 Å². The number of rotatable bonds is 5. The smallest absolute Gasteiger partial charge is 0.202 e. The van der Waals surface area contributed by atoms with Gasteiger partial charge in [-0.05, 0) is 31.9 Å². The molecule has 1 saturated carbocycles. The first kappa shape index (κ1) is 21.1. The summed E-state index contributed by atoms with van der Waals surface area (Å²) in [7, 11) is 1.99. The molecule has 1 aliphatic carbocycles. The Balaban J connectivity index is 1.62. The van der Waals surface area contributed by atoms with Crippen LogP contribution in [-0.4, -0.2) is 48.1 Å². The number of aromatic amines is 1. The quantitative estimate of drug-likeness (QED) is 0.460. The molecule has 0 spiro atoms. The van der Waals surface area contributed by atoms with Gasteiger partial charge >= 0.3 is 0 Å². The lowest BCUT2D eigenvalue weighted by molar-refractivity contribution is 0.276. The van der Waals surface area contributed by atoms with E-state index in [9.17, 15) is 5.11 Å². The number of aryl methyl sites for hydroxylation is 1. The topological polar surface area (TPSA) is 95.8 Å². The predicted octanol–water partition coefficient (Wildman–Crippen LogP) is 4.44. The minimum absolute atomic E-state index is 0.254. The second-order valence-electron chi connectivity index (χ2n) is 8.25. The lowest BCUT2D eigenvalue weighted by Crippen LogP contribution is -2.34. The van der Waals surface area contributed by atoms with E-state index in [1.54, 1.807) is 16.8 Å². The SMILES string of the molecule is CCn1nc2ccc(-c3[nH]nc4nc(N(C)C5CCCCC5)c(CO)nc34)c(F)c2c1Cl. The Morgan fingerprint density at radius 3 is 2.75 bits per heavy atom. The summed E-state index contributed by atoms with van der Waals surface area (Å²) in [5.41, 5.74) is 2.40. The molecule has 0 amide bonds. The molecule has 1 aliphatic rings. The first-order valence-corrected chi connectivity index (χ1v) is 11.3. The van der Waals surface area contributed by atoms with E-state index in [1.807, 2.05) is 14.0 Å². The fourth-order valence-electron chi connectivity index (χ4n) is 4.63. The van der Waals surface area contributed by atoms with Crippen molar-refractivity contribution in [2.75, 3.05) is 11.9 Å². The monoisotopic (exact) mass is 457 g/mol. The Labute approximate surface area is 189 Å². The lowest BCUT2D eigenvalue weighted by atomic mass is 9.94. The number of hydrogen-bond donors (Lipinski definition) is 2. The van der Waals surface area contributed by atoms with Crippen LogP contribution in [0.4, 0.5) is 10.2 Å². The maximum absolute atomic E-state index is 15.5. The summed E-state index contributed by atoms with van der Waals surface area (Å²) in [4.78, 5) is 11.4. The molecular weight excluding hydrogens is 433 g/mol. The minimum Gasteiger partial charge on any atom is -0.390 e. The van der Waals surface area contributed by atoms with Crippen LogP contribution in [0.15, 0.2) is 12.1 Å². The van der Waals surface area contributed by atoms with E-state index < -0.39 is 5.82 Å². The Morgan fingerprint density at radius 1 is 1.25 bits per heavy atom. The number of anilines is 1. The highest BCUT2D eigenvalue weighted by Crippen LogP contribution is 2.35. The van der Waals surface area contributed by atoms with E-state index >= 15 is 4.39 Å². The molecule has 0 bridgehead atoms. The van der Waals surface area contributed by atoms with Gasteiger partial charge in [-0.15, -0.1) is 0 Å². The summed E-state index contributed by atoms with van der Waals surface area (Å²) in [6, 6.07) is 3.72. The van der Waals surface area contributed by atoms with Crippen molar-refractivity contribution in [3.8, 4) is 11.3 Å². The number of benzene rings is 1. The van der Waals surface area contributed by atoms with Gasteiger partial charge < -0.3 is 10.0 Å². The molecular formula is C22H25ClFN7O. The maximum Gasteiger partial charge on any atom is 0.202 e. The van der Waals surface area contributed by atoms with Crippen LogP contribution in [-0.2, 0) is 13.2 Å². The summed E-state index contributed by atoms with van der Waals surface area (Å²) in [6.45, 7) is 2.17. The van der Waals surface area contributed by atoms with E-state index in [4.69, 9.17) is 16.6 Å². The summed E-state index contributed by atoms with van der Waals surface area (Å²) in [5.74, 6) is 0.127. The van der Waals surface area contributed by atoms with Gasteiger partial charge in [0, 0.05) is 25.2 Å². The molecule has 0 unspecified atom stereocenters. The zero-order valence-corrected chi connectivity index (χ0v) is 18.8. The molecule has 0 saturated heterocycles. The zero-order valence-electron chi connectivity index (χ0n) is 18.1. The largest absolute Gasteiger partial charge is 0.390 e. The highest BCUT2D eigenvalue weighted by molar-refractivity contribution is 6.34. The maximum atomic E-state index is 15.5. The number of nitrogens with one attached hydrogen (secondary N) is 1. The van der Waals surface area contributed by atoms with E-state index in [2.05, 4.69) is 25.2 Å². The molecule has 32 heavy (non-hydrogen) atoms. The van der Waals surface area contributed by atoms with Crippen molar-refractivity contribution < 1.29 is 9.50 Å². The summed E-state index contributed by atoms with van der Waals surface area (Å²) in [5, 5.41) is 22.1. The molecule has 8 nitrogen and oxygen atoms in total. The molecule has 0 aliphatic heterocycles. The molecule has 5 rings (SSSR count). The molecule has 10 heteroatoms. The first-order chi connectivity index (χ1) is 15.5. The lowest BCUT2D eigenvalue weighted by Gasteiger charge is -2.32. The first-order valence-electron chi connectivity index (χ1n) is 11.0. The molecule has 4 aromatic rings. The number of H-pyrrole nitrogens is 1. The van der Waals surface area contributed by atoms with E-state index in [-0.39, 0.29) is 22.7 Å². The summed E-state index contributed by atoms with van der Waals surface area (Å²) < 4.78 is 17.1. The van der Waals surface area contributed by atoms with Crippen LogP contribution in [0, 0.1) is 5.82 Å². The van der Waals surface area contributed by atoms with Crippen LogP contribution in [0.3, 0.4) is 0 Å². The second-order valence-corrected chi connectivity index (χ2v) is 8.61. The fraction of sp³-hybridized carbons (Fsp3) is 0.455. The summed E-state index contributed by atoms with van der Waals surface area (Å²) >= 11 is 6.36. The van der Waals surface area contributed by atoms with Crippen LogP contribution >= 0.6 is 11.6 Å². The van der Waals surface area contributed by atoms with Crippen molar-refractivity contribution in [3.05, 3.63) is 28.8 Å². The number of halogens is 2. The third kappa shape index (κ3) is 3.31.